The second kappa shape index (κ2) is 6.93. The van der Waals surface area contributed by atoms with Crippen LogP contribution >= 0.6 is 22.9 Å². The average Bonchev–Trinajstić information content (AvgIpc) is 3.15. The van der Waals surface area contributed by atoms with Crippen molar-refractivity contribution in [2.24, 2.45) is 0 Å². The molecule has 0 aliphatic carbocycles. The molecule has 0 saturated heterocycles. The Balaban J connectivity index is 1.58. The topological polar surface area (TPSA) is 65.2 Å². The third kappa shape index (κ3) is 4.18. The van der Waals surface area contributed by atoms with E-state index in [-0.39, 0.29) is 19.0 Å². The molecule has 0 bridgehead atoms. The zero-order chi connectivity index (χ0) is 16.2. The molecule has 0 N–H and O–H groups in total. The Morgan fingerprint density at radius 3 is 2.83 bits per heavy atom. The van der Waals surface area contributed by atoms with Crippen molar-refractivity contribution in [1.82, 2.24) is 10.1 Å². The third-order valence-electron chi connectivity index (χ3n) is 3.02. The van der Waals surface area contributed by atoms with Crippen LogP contribution in [0.4, 0.5) is 0 Å². The van der Waals surface area contributed by atoms with E-state index in [1.165, 1.54) is 11.3 Å². The fraction of sp³-hybridized carbons (Fsp3) is 0.188. The third-order valence-corrected chi connectivity index (χ3v) is 4.21. The number of esters is 1. The summed E-state index contributed by atoms with van der Waals surface area (Å²) in [5.41, 5.74) is 2.40. The lowest BCUT2D eigenvalue weighted by atomic mass is 10.2. The van der Waals surface area contributed by atoms with Crippen molar-refractivity contribution < 1.29 is 14.1 Å². The number of benzene rings is 1. The minimum atomic E-state index is -0.355. The lowest BCUT2D eigenvalue weighted by molar-refractivity contribution is -0.144. The first-order valence-electron chi connectivity index (χ1n) is 6.88. The van der Waals surface area contributed by atoms with Crippen LogP contribution < -0.4 is 0 Å². The summed E-state index contributed by atoms with van der Waals surface area (Å²) in [6.07, 6.45) is 0.122. The molecule has 0 unspecified atom stereocenters. The summed E-state index contributed by atoms with van der Waals surface area (Å²) in [6, 6.07) is 9.15. The molecule has 1 aromatic carbocycles. The van der Waals surface area contributed by atoms with Crippen molar-refractivity contribution >= 4 is 28.9 Å². The molecule has 5 nitrogen and oxygen atoms in total. The normalized spacial score (nSPS) is 10.7. The molecule has 3 aromatic rings. The summed E-state index contributed by atoms with van der Waals surface area (Å²) in [5.74, 6) is 0.169. The SMILES string of the molecule is Cc1cc(COC(=O)Cc2csc(-c3ccc(Cl)cc3)n2)on1. The lowest BCUT2D eigenvalue weighted by Gasteiger charge is -2.00. The maximum Gasteiger partial charge on any atom is 0.312 e. The van der Waals surface area contributed by atoms with Crippen LogP contribution in [0.5, 0.6) is 0 Å². The molecule has 3 rings (SSSR count). The van der Waals surface area contributed by atoms with E-state index in [1.807, 2.05) is 36.6 Å². The fourth-order valence-corrected chi connectivity index (χ4v) is 2.90. The van der Waals surface area contributed by atoms with Gasteiger partial charge in [-0.3, -0.25) is 4.79 Å². The molecule has 0 aliphatic rings. The molecular weight excluding hydrogens is 336 g/mol. The van der Waals surface area contributed by atoms with E-state index >= 15 is 0 Å². The smallest absolute Gasteiger partial charge is 0.312 e. The second-order valence-corrected chi connectivity index (χ2v) is 6.22. The maximum atomic E-state index is 11.8. The minimum Gasteiger partial charge on any atom is -0.457 e. The minimum absolute atomic E-state index is 0.0772. The van der Waals surface area contributed by atoms with Crippen LogP contribution in [0.3, 0.4) is 0 Å². The zero-order valence-electron chi connectivity index (χ0n) is 12.3. The van der Waals surface area contributed by atoms with Gasteiger partial charge in [-0.2, -0.15) is 0 Å². The van der Waals surface area contributed by atoms with Crippen LogP contribution in [0.25, 0.3) is 10.6 Å². The quantitative estimate of drug-likeness (QED) is 0.651. The van der Waals surface area contributed by atoms with Crippen LogP contribution in [-0.2, 0) is 22.6 Å². The van der Waals surface area contributed by atoms with E-state index in [4.69, 9.17) is 20.9 Å². The zero-order valence-corrected chi connectivity index (χ0v) is 13.9. The van der Waals surface area contributed by atoms with Gasteiger partial charge in [-0.15, -0.1) is 11.3 Å². The highest BCUT2D eigenvalue weighted by Gasteiger charge is 2.11. The van der Waals surface area contributed by atoms with Crippen molar-refractivity contribution in [2.75, 3.05) is 0 Å². The Hall–Kier alpha value is -2.18. The van der Waals surface area contributed by atoms with Gasteiger partial charge in [-0.1, -0.05) is 28.9 Å². The number of ether oxygens (including phenoxy) is 1. The van der Waals surface area contributed by atoms with Crippen LogP contribution in [0, 0.1) is 6.92 Å². The van der Waals surface area contributed by atoms with Gasteiger partial charge in [-0.25, -0.2) is 4.98 Å². The molecule has 0 atom stereocenters. The van der Waals surface area contributed by atoms with Gasteiger partial charge in [0.2, 0.25) is 0 Å². The van der Waals surface area contributed by atoms with E-state index in [2.05, 4.69) is 10.1 Å². The molecule has 118 valence electrons. The Labute approximate surface area is 141 Å². The first-order valence-corrected chi connectivity index (χ1v) is 8.14. The largest absolute Gasteiger partial charge is 0.457 e. The number of nitrogens with zero attached hydrogens (tertiary/aromatic N) is 2. The number of hydrogen-bond acceptors (Lipinski definition) is 6. The molecule has 0 radical (unpaired) electrons. The summed E-state index contributed by atoms with van der Waals surface area (Å²) < 4.78 is 10.1. The first kappa shape index (κ1) is 15.7. The number of halogens is 1. The molecule has 0 amide bonds. The molecule has 0 aliphatic heterocycles. The Kier molecular flexibility index (Phi) is 4.73. The summed E-state index contributed by atoms with van der Waals surface area (Å²) >= 11 is 7.35. The fourth-order valence-electron chi connectivity index (χ4n) is 1.95. The molecule has 2 heterocycles. The number of aryl methyl sites for hydroxylation is 1. The lowest BCUT2D eigenvalue weighted by Crippen LogP contribution is -2.08. The number of carbonyl (C=O) groups is 1. The molecule has 0 saturated carbocycles. The standard InChI is InChI=1S/C16H13ClN2O3S/c1-10-6-14(22-19-10)8-21-15(20)7-13-9-23-16(18-13)11-2-4-12(17)5-3-11/h2-6,9H,7-8H2,1H3. The number of carbonyl (C=O) groups excluding carboxylic acids is 1. The van der Waals surface area contributed by atoms with Crippen molar-refractivity contribution in [2.45, 2.75) is 20.0 Å². The van der Waals surface area contributed by atoms with Gasteiger partial charge in [0, 0.05) is 22.0 Å². The number of rotatable bonds is 5. The number of aromatic nitrogens is 2. The van der Waals surface area contributed by atoms with E-state index in [0.29, 0.717) is 16.5 Å². The molecule has 23 heavy (non-hydrogen) atoms. The van der Waals surface area contributed by atoms with E-state index in [9.17, 15) is 4.79 Å². The molecule has 0 spiro atoms. The van der Waals surface area contributed by atoms with Gasteiger partial charge in [0.25, 0.3) is 0 Å². The van der Waals surface area contributed by atoms with Gasteiger partial charge in [-0.05, 0) is 19.1 Å². The van der Waals surface area contributed by atoms with Gasteiger partial charge < -0.3 is 9.26 Å². The number of hydrogen-bond donors (Lipinski definition) is 0. The van der Waals surface area contributed by atoms with E-state index in [1.54, 1.807) is 6.07 Å². The Bertz CT molecular complexity index is 811. The van der Waals surface area contributed by atoms with Gasteiger partial charge in [0.15, 0.2) is 12.4 Å². The molecule has 2 aromatic heterocycles. The molecular formula is C16H13ClN2O3S. The monoisotopic (exact) mass is 348 g/mol. The van der Waals surface area contributed by atoms with Crippen LogP contribution in [0.15, 0.2) is 40.2 Å². The van der Waals surface area contributed by atoms with Crippen LogP contribution in [0.2, 0.25) is 5.02 Å². The van der Waals surface area contributed by atoms with Crippen molar-refractivity contribution in [3.63, 3.8) is 0 Å². The van der Waals surface area contributed by atoms with Crippen LogP contribution in [-0.4, -0.2) is 16.1 Å². The van der Waals surface area contributed by atoms with Crippen molar-refractivity contribution in [3.05, 3.63) is 57.9 Å². The summed E-state index contributed by atoms with van der Waals surface area (Å²) in [7, 11) is 0. The molecule has 0 fully saturated rings. The van der Waals surface area contributed by atoms with Crippen LogP contribution in [0.1, 0.15) is 17.1 Å². The summed E-state index contributed by atoms with van der Waals surface area (Å²) in [5, 5.41) is 7.11. The predicted molar refractivity (Wildman–Crippen MR) is 87.3 cm³/mol. The number of thiazole rings is 1. The maximum absolute atomic E-state index is 11.8. The summed E-state index contributed by atoms with van der Waals surface area (Å²) in [6.45, 7) is 1.89. The van der Waals surface area contributed by atoms with Gasteiger partial charge in [0.05, 0.1) is 17.8 Å². The first-order chi connectivity index (χ1) is 11.1. The van der Waals surface area contributed by atoms with Crippen molar-refractivity contribution in [1.29, 1.82) is 0 Å². The Morgan fingerprint density at radius 2 is 2.13 bits per heavy atom. The summed E-state index contributed by atoms with van der Waals surface area (Å²) in [4.78, 5) is 16.3. The average molecular weight is 349 g/mol. The highest BCUT2D eigenvalue weighted by atomic mass is 35.5. The highest BCUT2D eigenvalue weighted by molar-refractivity contribution is 7.13. The second-order valence-electron chi connectivity index (χ2n) is 4.92. The predicted octanol–water partition coefficient (Wildman–Crippen LogP) is 4.05. The Morgan fingerprint density at radius 1 is 1.35 bits per heavy atom. The molecule has 7 heteroatoms. The van der Waals surface area contributed by atoms with Gasteiger partial charge >= 0.3 is 5.97 Å². The van der Waals surface area contributed by atoms with Gasteiger partial charge in [0.1, 0.15) is 5.01 Å². The van der Waals surface area contributed by atoms with E-state index in [0.717, 1.165) is 16.3 Å². The van der Waals surface area contributed by atoms with E-state index < -0.39 is 0 Å². The van der Waals surface area contributed by atoms with Crippen molar-refractivity contribution in [3.8, 4) is 10.6 Å². The highest BCUT2D eigenvalue weighted by Crippen LogP contribution is 2.25.